The summed E-state index contributed by atoms with van der Waals surface area (Å²) < 4.78 is 0. The quantitative estimate of drug-likeness (QED) is 0.638. The van der Waals surface area contributed by atoms with Crippen LogP contribution in [0.4, 0.5) is 0 Å². The van der Waals surface area contributed by atoms with Crippen molar-refractivity contribution in [3.8, 4) is 0 Å². The number of allylic oxidation sites excluding steroid dienone is 4. The Morgan fingerprint density at radius 2 is 1.86 bits per heavy atom. The molecule has 0 spiro atoms. The molecule has 14 heavy (non-hydrogen) atoms. The fourth-order valence-corrected chi connectivity index (χ4v) is 0.832. The van der Waals surface area contributed by atoms with Crippen molar-refractivity contribution in [3.05, 3.63) is 23.8 Å². The van der Waals surface area contributed by atoms with E-state index in [1.54, 1.807) is 0 Å². The number of aliphatic carboxylic acids is 1. The molecule has 0 aliphatic heterocycles. The van der Waals surface area contributed by atoms with E-state index in [1.165, 1.54) is 18.2 Å². The summed E-state index contributed by atoms with van der Waals surface area (Å²) in [5.41, 5.74) is 0.604. The number of carbonyl (C=O) groups excluding carboxylic acids is 2. The Hall–Kier alpha value is -1.71. The molecular formula is C10H12O4. The normalized spacial score (nSPS) is 14.3. The molecule has 0 heterocycles. The van der Waals surface area contributed by atoms with E-state index in [-0.39, 0.29) is 11.6 Å². The van der Waals surface area contributed by atoms with Crippen molar-refractivity contribution < 1.29 is 19.5 Å². The lowest BCUT2D eigenvalue weighted by molar-refractivity contribution is -0.134. The van der Waals surface area contributed by atoms with Gasteiger partial charge in [-0.2, -0.15) is 0 Å². The number of carboxylic acids is 1. The second kappa shape index (κ2) is 5.85. The smallest absolute Gasteiger partial charge is 0.300 e. The highest BCUT2D eigenvalue weighted by atomic mass is 16.4. The molecule has 1 N–H and O–H groups in total. The SMILES string of the molecule is CC(=O)O.CCC1=CC(=O)C=CC1=O. The third-order valence-electron chi connectivity index (χ3n) is 1.41. The first-order chi connectivity index (χ1) is 6.47. The predicted octanol–water partition coefficient (Wildman–Crippen LogP) is 1.12. The summed E-state index contributed by atoms with van der Waals surface area (Å²) in [4.78, 5) is 30.5. The molecule has 76 valence electrons. The van der Waals surface area contributed by atoms with Gasteiger partial charge in [-0.25, -0.2) is 0 Å². The van der Waals surface area contributed by atoms with Gasteiger partial charge in [-0.1, -0.05) is 6.92 Å². The van der Waals surface area contributed by atoms with Crippen LogP contribution < -0.4 is 0 Å². The minimum Gasteiger partial charge on any atom is -0.481 e. The third-order valence-corrected chi connectivity index (χ3v) is 1.41. The van der Waals surface area contributed by atoms with Crippen molar-refractivity contribution in [2.24, 2.45) is 0 Å². The van der Waals surface area contributed by atoms with E-state index in [1.807, 2.05) is 6.92 Å². The maximum atomic E-state index is 10.9. The summed E-state index contributed by atoms with van der Waals surface area (Å²) in [7, 11) is 0. The summed E-state index contributed by atoms with van der Waals surface area (Å²) in [6, 6.07) is 0. The lowest BCUT2D eigenvalue weighted by Gasteiger charge is -2.01. The van der Waals surface area contributed by atoms with E-state index in [0.717, 1.165) is 6.92 Å². The standard InChI is InChI=1S/C8H8O2.C2H4O2/c1-2-6-5-7(9)3-4-8(6)10;1-2(3)4/h3-5H,2H2,1H3;1H3,(H,3,4). The van der Waals surface area contributed by atoms with Crippen LogP contribution in [-0.2, 0) is 14.4 Å². The number of hydrogen-bond donors (Lipinski definition) is 1. The second-order valence-electron chi connectivity index (χ2n) is 2.64. The van der Waals surface area contributed by atoms with E-state index >= 15 is 0 Å². The monoisotopic (exact) mass is 196 g/mol. The molecule has 0 amide bonds. The van der Waals surface area contributed by atoms with Gasteiger partial charge in [0.2, 0.25) is 0 Å². The maximum Gasteiger partial charge on any atom is 0.300 e. The molecule has 0 aromatic rings. The molecule has 1 aliphatic rings. The molecular weight excluding hydrogens is 184 g/mol. The highest BCUT2D eigenvalue weighted by Gasteiger charge is 2.09. The van der Waals surface area contributed by atoms with Gasteiger partial charge in [-0.15, -0.1) is 0 Å². The van der Waals surface area contributed by atoms with Crippen LogP contribution in [0, 0.1) is 0 Å². The molecule has 0 aromatic carbocycles. The second-order valence-corrected chi connectivity index (χ2v) is 2.64. The van der Waals surface area contributed by atoms with Crippen LogP contribution in [0.5, 0.6) is 0 Å². The molecule has 0 saturated heterocycles. The van der Waals surface area contributed by atoms with Crippen LogP contribution >= 0.6 is 0 Å². The Balaban J connectivity index is 0.000000364. The number of carboxylic acid groups (broad SMARTS) is 1. The molecule has 0 fully saturated rings. The highest BCUT2D eigenvalue weighted by Crippen LogP contribution is 2.07. The number of ketones is 2. The zero-order chi connectivity index (χ0) is 11.1. The fourth-order valence-electron chi connectivity index (χ4n) is 0.832. The molecule has 4 heteroatoms. The molecule has 4 nitrogen and oxygen atoms in total. The average molecular weight is 196 g/mol. The van der Waals surface area contributed by atoms with Gasteiger partial charge in [0, 0.05) is 12.5 Å². The Morgan fingerprint density at radius 1 is 1.36 bits per heavy atom. The number of rotatable bonds is 1. The first kappa shape index (κ1) is 12.3. The van der Waals surface area contributed by atoms with Gasteiger partial charge in [0.15, 0.2) is 11.6 Å². The van der Waals surface area contributed by atoms with E-state index in [0.29, 0.717) is 12.0 Å². The van der Waals surface area contributed by atoms with Crippen LogP contribution in [0.3, 0.4) is 0 Å². The molecule has 0 aromatic heterocycles. The van der Waals surface area contributed by atoms with E-state index in [4.69, 9.17) is 9.90 Å². The van der Waals surface area contributed by atoms with Crippen molar-refractivity contribution >= 4 is 17.5 Å². The summed E-state index contributed by atoms with van der Waals surface area (Å²) in [5, 5.41) is 7.42. The lowest BCUT2D eigenvalue weighted by atomic mass is 10.0. The fraction of sp³-hybridized carbons (Fsp3) is 0.300. The largest absolute Gasteiger partial charge is 0.481 e. The third kappa shape index (κ3) is 5.03. The highest BCUT2D eigenvalue weighted by molar-refractivity contribution is 6.17. The molecule has 0 radical (unpaired) electrons. The lowest BCUT2D eigenvalue weighted by Crippen LogP contribution is -2.06. The minimum atomic E-state index is -0.833. The molecule has 0 unspecified atom stereocenters. The van der Waals surface area contributed by atoms with Gasteiger partial charge in [0.1, 0.15) is 0 Å². The molecule has 0 saturated carbocycles. The van der Waals surface area contributed by atoms with Crippen molar-refractivity contribution in [1.29, 1.82) is 0 Å². The maximum absolute atomic E-state index is 10.9. The van der Waals surface area contributed by atoms with Crippen LogP contribution in [0.15, 0.2) is 23.8 Å². The van der Waals surface area contributed by atoms with E-state index in [9.17, 15) is 9.59 Å². The molecule has 1 rings (SSSR count). The Bertz CT molecular complexity index is 306. The van der Waals surface area contributed by atoms with Crippen LogP contribution in [-0.4, -0.2) is 22.6 Å². The van der Waals surface area contributed by atoms with Crippen molar-refractivity contribution in [2.75, 3.05) is 0 Å². The zero-order valence-electron chi connectivity index (χ0n) is 8.11. The zero-order valence-corrected chi connectivity index (χ0v) is 8.11. The van der Waals surface area contributed by atoms with Gasteiger partial charge in [-0.3, -0.25) is 14.4 Å². The Morgan fingerprint density at radius 3 is 2.21 bits per heavy atom. The Kier molecular flexibility index (Phi) is 5.14. The van der Waals surface area contributed by atoms with Crippen LogP contribution in [0.2, 0.25) is 0 Å². The van der Waals surface area contributed by atoms with Crippen molar-refractivity contribution in [3.63, 3.8) is 0 Å². The van der Waals surface area contributed by atoms with Gasteiger partial charge in [-0.05, 0) is 24.6 Å². The van der Waals surface area contributed by atoms with Crippen molar-refractivity contribution in [1.82, 2.24) is 0 Å². The summed E-state index contributed by atoms with van der Waals surface area (Å²) >= 11 is 0. The van der Waals surface area contributed by atoms with Crippen LogP contribution in [0.25, 0.3) is 0 Å². The van der Waals surface area contributed by atoms with Crippen molar-refractivity contribution in [2.45, 2.75) is 20.3 Å². The molecule has 1 aliphatic carbocycles. The summed E-state index contributed by atoms with van der Waals surface area (Å²) in [5.74, 6) is -0.960. The number of hydrogen-bond acceptors (Lipinski definition) is 3. The Labute approximate surface area is 81.9 Å². The van der Waals surface area contributed by atoms with Gasteiger partial charge in [0.05, 0.1) is 0 Å². The molecule has 0 bridgehead atoms. The van der Waals surface area contributed by atoms with Gasteiger partial charge < -0.3 is 5.11 Å². The van der Waals surface area contributed by atoms with Gasteiger partial charge in [0.25, 0.3) is 5.97 Å². The number of carbonyl (C=O) groups is 3. The minimum absolute atomic E-state index is 0.0397. The van der Waals surface area contributed by atoms with E-state index < -0.39 is 5.97 Å². The first-order valence-electron chi connectivity index (χ1n) is 4.13. The summed E-state index contributed by atoms with van der Waals surface area (Å²) in [6.45, 7) is 2.94. The summed E-state index contributed by atoms with van der Waals surface area (Å²) in [6.07, 6.45) is 4.64. The van der Waals surface area contributed by atoms with Gasteiger partial charge >= 0.3 is 0 Å². The predicted molar refractivity (Wildman–Crippen MR) is 50.8 cm³/mol. The molecule has 0 atom stereocenters. The van der Waals surface area contributed by atoms with E-state index in [2.05, 4.69) is 0 Å². The average Bonchev–Trinajstić information content (AvgIpc) is 2.08. The van der Waals surface area contributed by atoms with Crippen LogP contribution in [0.1, 0.15) is 20.3 Å². The topological polar surface area (TPSA) is 71.4 Å². The first-order valence-corrected chi connectivity index (χ1v) is 4.13.